The normalized spacial score (nSPS) is 10.2. The lowest BCUT2D eigenvalue weighted by Crippen LogP contribution is -1.73. The van der Waals surface area contributed by atoms with Crippen LogP contribution < -0.4 is 0 Å². The molecule has 0 bridgehead atoms. The number of hydrogen-bond acceptors (Lipinski definition) is 4. The van der Waals surface area contributed by atoms with Crippen molar-refractivity contribution in [2.45, 2.75) is 5.16 Å². The zero-order chi connectivity index (χ0) is 9.26. The van der Waals surface area contributed by atoms with E-state index in [1.165, 1.54) is 10.8 Å². The Labute approximate surface area is 84.0 Å². The van der Waals surface area contributed by atoms with Gasteiger partial charge in [0.1, 0.15) is 0 Å². The van der Waals surface area contributed by atoms with Crippen molar-refractivity contribution in [1.82, 2.24) is 9.97 Å². The molecule has 3 nitrogen and oxygen atoms in total. The number of aromatic amines is 1. The number of nitrogens with zero attached hydrogens (tertiary/aromatic N) is 2. The van der Waals surface area contributed by atoms with E-state index in [4.69, 9.17) is 5.26 Å². The van der Waals surface area contributed by atoms with Gasteiger partial charge in [0.15, 0.2) is 5.16 Å². The maximum atomic E-state index is 8.66. The van der Waals surface area contributed by atoms with Crippen LogP contribution in [0.15, 0.2) is 23.4 Å². The number of nitrogens with one attached hydrogen (secondary N) is 1. The number of hydrogen-bond donors (Lipinski definition) is 2. The van der Waals surface area contributed by atoms with Crippen LogP contribution in [0.25, 0.3) is 11.0 Å². The summed E-state index contributed by atoms with van der Waals surface area (Å²) in [6.45, 7) is 0. The van der Waals surface area contributed by atoms with Crippen LogP contribution in [0.3, 0.4) is 0 Å². The third-order valence-corrected chi connectivity index (χ3v) is 2.56. The molecular weight excluding hydrogens is 202 g/mol. The van der Waals surface area contributed by atoms with Crippen LogP contribution in [0.1, 0.15) is 5.56 Å². The Balaban J connectivity index is 2.65. The molecule has 1 heterocycles. The average Bonchev–Trinajstić information content (AvgIpc) is 2.58. The standard InChI is InChI=1S/C8H5N3S2/c9-4-5-1-2-6-7(3-5)11-8(10-6)13-12/h1-3,12H,(H,10,11). The molecule has 64 valence electrons. The summed E-state index contributed by atoms with van der Waals surface area (Å²) < 4.78 is 0. The second kappa shape index (κ2) is 3.32. The maximum absolute atomic E-state index is 8.66. The molecule has 0 spiro atoms. The molecule has 0 aliphatic carbocycles. The molecule has 0 unspecified atom stereocenters. The Morgan fingerprint density at radius 3 is 3.08 bits per heavy atom. The third kappa shape index (κ3) is 1.50. The van der Waals surface area contributed by atoms with E-state index in [-0.39, 0.29) is 0 Å². The van der Waals surface area contributed by atoms with Crippen molar-refractivity contribution in [2.24, 2.45) is 0 Å². The van der Waals surface area contributed by atoms with Gasteiger partial charge in [-0.05, 0) is 29.0 Å². The van der Waals surface area contributed by atoms with Crippen LogP contribution in [0, 0.1) is 11.3 Å². The number of aromatic nitrogens is 2. The van der Waals surface area contributed by atoms with E-state index in [1.807, 2.05) is 6.07 Å². The summed E-state index contributed by atoms with van der Waals surface area (Å²) in [6, 6.07) is 7.41. The molecule has 1 aromatic carbocycles. The van der Waals surface area contributed by atoms with Crippen molar-refractivity contribution < 1.29 is 0 Å². The molecule has 0 aliphatic heterocycles. The van der Waals surface area contributed by atoms with Gasteiger partial charge in [-0.25, -0.2) is 4.98 Å². The van der Waals surface area contributed by atoms with Crippen LogP contribution in [0.2, 0.25) is 0 Å². The van der Waals surface area contributed by atoms with Gasteiger partial charge in [-0.3, -0.25) is 0 Å². The van der Waals surface area contributed by atoms with Gasteiger partial charge in [0.2, 0.25) is 0 Å². The Hall–Kier alpha value is -1.12. The predicted octanol–water partition coefficient (Wildman–Crippen LogP) is 2.37. The van der Waals surface area contributed by atoms with E-state index >= 15 is 0 Å². The molecule has 1 N–H and O–H groups in total. The highest BCUT2D eigenvalue weighted by Crippen LogP contribution is 2.21. The number of rotatable bonds is 1. The topological polar surface area (TPSA) is 52.5 Å². The maximum Gasteiger partial charge on any atom is 0.176 e. The molecule has 0 fully saturated rings. The van der Waals surface area contributed by atoms with Crippen molar-refractivity contribution in [1.29, 1.82) is 5.26 Å². The number of thiol groups is 1. The highest BCUT2D eigenvalue weighted by molar-refractivity contribution is 8.68. The lowest BCUT2D eigenvalue weighted by atomic mass is 10.2. The smallest absolute Gasteiger partial charge is 0.176 e. The summed E-state index contributed by atoms with van der Waals surface area (Å²) in [4.78, 5) is 7.27. The molecule has 0 saturated heterocycles. The first kappa shape index (κ1) is 8.48. The molecule has 1 aromatic heterocycles. The molecule has 2 rings (SSSR count). The Morgan fingerprint density at radius 2 is 2.38 bits per heavy atom. The molecule has 2 aromatic rings. The third-order valence-electron chi connectivity index (χ3n) is 1.68. The fourth-order valence-corrected chi connectivity index (χ4v) is 1.65. The fraction of sp³-hybridized carbons (Fsp3) is 0. The largest absolute Gasteiger partial charge is 0.332 e. The molecule has 0 aliphatic rings. The zero-order valence-electron chi connectivity index (χ0n) is 6.48. The first-order valence-corrected chi connectivity index (χ1v) is 5.41. The van der Waals surface area contributed by atoms with Gasteiger partial charge in [0, 0.05) is 0 Å². The van der Waals surface area contributed by atoms with Gasteiger partial charge >= 0.3 is 0 Å². The van der Waals surface area contributed by atoms with Crippen molar-refractivity contribution in [3.8, 4) is 6.07 Å². The SMILES string of the molecule is N#Cc1ccc2nc(SS)[nH]c2c1. The van der Waals surface area contributed by atoms with E-state index in [1.54, 1.807) is 12.1 Å². The van der Waals surface area contributed by atoms with Gasteiger partial charge in [0.25, 0.3) is 0 Å². The van der Waals surface area contributed by atoms with Crippen LogP contribution >= 0.6 is 22.5 Å². The monoisotopic (exact) mass is 207 g/mol. The minimum Gasteiger partial charge on any atom is -0.332 e. The molecule has 0 radical (unpaired) electrons. The van der Waals surface area contributed by atoms with Gasteiger partial charge in [0.05, 0.1) is 22.7 Å². The highest BCUT2D eigenvalue weighted by atomic mass is 33.1. The quantitative estimate of drug-likeness (QED) is 0.557. The first-order valence-electron chi connectivity index (χ1n) is 3.55. The number of H-pyrrole nitrogens is 1. The zero-order valence-corrected chi connectivity index (χ0v) is 8.19. The van der Waals surface area contributed by atoms with Crippen LogP contribution in [-0.4, -0.2) is 9.97 Å². The lowest BCUT2D eigenvalue weighted by molar-refractivity contribution is 1.09. The summed E-state index contributed by atoms with van der Waals surface area (Å²) in [6.07, 6.45) is 0. The number of imidazole rings is 1. The van der Waals surface area contributed by atoms with Crippen LogP contribution in [0.5, 0.6) is 0 Å². The number of fused-ring (bicyclic) bond motifs is 1. The fourth-order valence-electron chi connectivity index (χ4n) is 1.10. The van der Waals surface area contributed by atoms with Crippen molar-refractivity contribution in [3.63, 3.8) is 0 Å². The molecule has 0 amide bonds. The van der Waals surface area contributed by atoms with E-state index in [2.05, 4.69) is 27.7 Å². The minimum absolute atomic E-state index is 0.631. The van der Waals surface area contributed by atoms with Gasteiger partial charge in [-0.15, -0.1) is 11.7 Å². The highest BCUT2D eigenvalue weighted by Gasteiger charge is 2.01. The average molecular weight is 207 g/mol. The second-order valence-corrected chi connectivity index (χ2v) is 3.59. The van der Waals surface area contributed by atoms with Gasteiger partial charge in [-0.2, -0.15) is 5.26 Å². The summed E-state index contributed by atoms with van der Waals surface area (Å²) in [5, 5.41) is 9.40. The second-order valence-electron chi connectivity index (χ2n) is 2.48. The van der Waals surface area contributed by atoms with Crippen molar-refractivity contribution in [2.75, 3.05) is 0 Å². The van der Waals surface area contributed by atoms with E-state index in [0.717, 1.165) is 16.2 Å². The van der Waals surface area contributed by atoms with Crippen LogP contribution in [-0.2, 0) is 0 Å². The lowest BCUT2D eigenvalue weighted by Gasteiger charge is -1.87. The molecule has 5 heteroatoms. The van der Waals surface area contributed by atoms with E-state index < -0.39 is 0 Å². The summed E-state index contributed by atoms with van der Waals surface area (Å²) in [5.74, 6) is 0. The van der Waals surface area contributed by atoms with E-state index in [0.29, 0.717) is 5.56 Å². The molecule has 0 saturated carbocycles. The Morgan fingerprint density at radius 1 is 1.54 bits per heavy atom. The predicted molar refractivity (Wildman–Crippen MR) is 55.7 cm³/mol. The summed E-state index contributed by atoms with van der Waals surface area (Å²) in [7, 11) is 1.25. The summed E-state index contributed by atoms with van der Waals surface area (Å²) in [5.41, 5.74) is 2.36. The van der Waals surface area contributed by atoms with E-state index in [9.17, 15) is 0 Å². The van der Waals surface area contributed by atoms with Crippen molar-refractivity contribution >= 4 is 33.5 Å². The van der Waals surface area contributed by atoms with Crippen molar-refractivity contribution in [3.05, 3.63) is 23.8 Å². The minimum atomic E-state index is 0.631. The molecular formula is C8H5N3S2. The molecule has 13 heavy (non-hydrogen) atoms. The first-order chi connectivity index (χ1) is 6.33. The van der Waals surface area contributed by atoms with Gasteiger partial charge < -0.3 is 4.98 Å². The summed E-state index contributed by atoms with van der Waals surface area (Å²) >= 11 is 4.03. The van der Waals surface area contributed by atoms with Gasteiger partial charge in [-0.1, -0.05) is 0 Å². The molecule has 0 atom stereocenters. The van der Waals surface area contributed by atoms with Crippen LogP contribution in [0.4, 0.5) is 0 Å². The number of nitriles is 1. The Kier molecular flexibility index (Phi) is 2.17. The number of benzene rings is 1. The Bertz CT molecular complexity index is 484.